The number of nitrogens with one attached hydrogen (secondary N) is 1. The number of carbonyl (C=O) groups excluding carboxylic acids is 1. The minimum absolute atomic E-state index is 0.145. The Morgan fingerprint density at radius 3 is 3.06 bits per heavy atom. The van der Waals surface area contributed by atoms with Gasteiger partial charge in [0, 0.05) is 12.6 Å². The molecule has 1 aromatic carbocycles. The quantitative estimate of drug-likeness (QED) is 0.909. The molecule has 1 unspecified atom stereocenters. The maximum absolute atomic E-state index is 13.3. The molecule has 1 amide bonds. The Labute approximate surface area is 114 Å². The summed E-state index contributed by atoms with van der Waals surface area (Å²) in [5, 5.41) is 2.96. The van der Waals surface area contributed by atoms with Crippen LogP contribution in [0.25, 0.3) is 0 Å². The standard InChI is InChI=1S/C13H16BrFN2O/c1-17-7-3-4-9(8-17)16-13(18)10-5-2-6-11(15)12(10)14/h2,5-6,9H,3-4,7-8H2,1H3,(H,16,18). The van der Waals surface area contributed by atoms with Crippen molar-refractivity contribution in [3.05, 3.63) is 34.1 Å². The van der Waals surface area contributed by atoms with E-state index in [-0.39, 0.29) is 16.4 Å². The van der Waals surface area contributed by atoms with Crippen molar-refractivity contribution in [2.45, 2.75) is 18.9 Å². The zero-order valence-corrected chi connectivity index (χ0v) is 11.8. The lowest BCUT2D eigenvalue weighted by Gasteiger charge is -2.30. The van der Waals surface area contributed by atoms with Gasteiger partial charge < -0.3 is 10.2 Å². The first-order chi connectivity index (χ1) is 8.58. The molecule has 0 bridgehead atoms. The molecule has 0 saturated carbocycles. The van der Waals surface area contributed by atoms with Crippen LogP contribution < -0.4 is 5.32 Å². The summed E-state index contributed by atoms with van der Waals surface area (Å²) in [6.07, 6.45) is 2.05. The lowest BCUT2D eigenvalue weighted by molar-refractivity contribution is 0.0911. The number of hydrogen-bond donors (Lipinski definition) is 1. The normalized spacial score (nSPS) is 20.7. The minimum Gasteiger partial charge on any atom is -0.348 e. The van der Waals surface area contributed by atoms with Crippen LogP contribution in [-0.2, 0) is 0 Å². The van der Waals surface area contributed by atoms with Gasteiger partial charge in [0.25, 0.3) is 5.91 Å². The third-order valence-electron chi connectivity index (χ3n) is 3.16. The molecule has 3 nitrogen and oxygen atoms in total. The highest BCUT2D eigenvalue weighted by Gasteiger charge is 2.21. The number of hydrogen-bond acceptors (Lipinski definition) is 2. The number of piperidine rings is 1. The highest BCUT2D eigenvalue weighted by Crippen LogP contribution is 2.20. The Kier molecular flexibility index (Phi) is 4.35. The van der Waals surface area contributed by atoms with Crippen LogP contribution in [0, 0.1) is 5.82 Å². The van der Waals surface area contributed by atoms with E-state index in [2.05, 4.69) is 26.1 Å². The van der Waals surface area contributed by atoms with Crippen LogP contribution in [0.5, 0.6) is 0 Å². The van der Waals surface area contributed by atoms with Crippen molar-refractivity contribution >= 4 is 21.8 Å². The predicted molar refractivity (Wildman–Crippen MR) is 72.1 cm³/mol. The van der Waals surface area contributed by atoms with Gasteiger partial charge in [-0.1, -0.05) is 6.07 Å². The molecule has 0 aliphatic carbocycles. The average molecular weight is 315 g/mol. The Balaban J connectivity index is 2.05. The summed E-state index contributed by atoms with van der Waals surface area (Å²) < 4.78 is 13.6. The largest absolute Gasteiger partial charge is 0.348 e. The van der Waals surface area contributed by atoms with Crippen LogP contribution in [0.2, 0.25) is 0 Å². The number of likely N-dealkylation sites (tertiary alicyclic amines) is 1. The highest BCUT2D eigenvalue weighted by atomic mass is 79.9. The summed E-state index contributed by atoms with van der Waals surface area (Å²) in [4.78, 5) is 14.3. The number of amides is 1. The Morgan fingerprint density at radius 1 is 1.56 bits per heavy atom. The number of nitrogens with zero attached hydrogens (tertiary/aromatic N) is 1. The van der Waals surface area contributed by atoms with Crippen molar-refractivity contribution in [1.29, 1.82) is 0 Å². The average Bonchev–Trinajstić information content (AvgIpc) is 2.32. The first-order valence-corrected chi connectivity index (χ1v) is 6.80. The van der Waals surface area contributed by atoms with Crippen LogP contribution in [0.3, 0.4) is 0 Å². The van der Waals surface area contributed by atoms with Crippen molar-refractivity contribution in [3.8, 4) is 0 Å². The SMILES string of the molecule is CN1CCCC(NC(=O)c2cccc(F)c2Br)C1. The van der Waals surface area contributed by atoms with E-state index in [9.17, 15) is 9.18 Å². The zero-order chi connectivity index (χ0) is 13.1. The van der Waals surface area contributed by atoms with Crippen LogP contribution in [0.4, 0.5) is 4.39 Å². The van der Waals surface area contributed by atoms with E-state index in [1.807, 2.05) is 7.05 Å². The van der Waals surface area contributed by atoms with E-state index in [0.717, 1.165) is 25.9 Å². The predicted octanol–water partition coefficient (Wildman–Crippen LogP) is 2.41. The fraction of sp³-hybridized carbons (Fsp3) is 0.462. The number of carbonyl (C=O) groups is 1. The van der Waals surface area contributed by atoms with Crippen LogP contribution in [-0.4, -0.2) is 37.0 Å². The fourth-order valence-electron chi connectivity index (χ4n) is 2.23. The van der Waals surface area contributed by atoms with Crippen molar-refractivity contribution in [2.75, 3.05) is 20.1 Å². The Morgan fingerprint density at radius 2 is 2.33 bits per heavy atom. The van der Waals surface area contributed by atoms with Gasteiger partial charge in [0.2, 0.25) is 0 Å². The van der Waals surface area contributed by atoms with Crippen molar-refractivity contribution in [1.82, 2.24) is 10.2 Å². The van der Waals surface area contributed by atoms with E-state index in [1.165, 1.54) is 6.07 Å². The lowest BCUT2D eigenvalue weighted by atomic mass is 10.1. The second-order valence-corrected chi connectivity index (χ2v) is 5.47. The van der Waals surface area contributed by atoms with Gasteiger partial charge in [-0.05, 0) is 54.5 Å². The second kappa shape index (κ2) is 5.80. The first kappa shape index (κ1) is 13.5. The second-order valence-electron chi connectivity index (χ2n) is 4.68. The molecule has 1 heterocycles. The van der Waals surface area contributed by atoms with E-state index >= 15 is 0 Å². The van der Waals surface area contributed by atoms with Gasteiger partial charge in [-0.15, -0.1) is 0 Å². The Bertz CT molecular complexity index is 453. The molecule has 0 radical (unpaired) electrons. The summed E-state index contributed by atoms with van der Waals surface area (Å²) >= 11 is 3.11. The number of benzene rings is 1. The number of halogens is 2. The van der Waals surface area contributed by atoms with Crippen LogP contribution >= 0.6 is 15.9 Å². The van der Waals surface area contributed by atoms with Gasteiger partial charge >= 0.3 is 0 Å². The molecule has 2 rings (SSSR count). The third kappa shape index (κ3) is 3.09. The summed E-state index contributed by atoms with van der Waals surface area (Å²) in [5.41, 5.74) is 0.350. The minimum atomic E-state index is -0.414. The molecule has 1 fully saturated rings. The molecule has 1 atom stereocenters. The first-order valence-electron chi connectivity index (χ1n) is 6.01. The summed E-state index contributed by atoms with van der Waals surface area (Å²) in [5.74, 6) is -0.634. The maximum atomic E-state index is 13.3. The van der Waals surface area contributed by atoms with Gasteiger partial charge in [-0.25, -0.2) is 4.39 Å². The van der Waals surface area contributed by atoms with Crippen molar-refractivity contribution in [3.63, 3.8) is 0 Å². The van der Waals surface area contributed by atoms with Gasteiger partial charge in [-0.2, -0.15) is 0 Å². The summed E-state index contributed by atoms with van der Waals surface area (Å²) in [6.45, 7) is 1.91. The van der Waals surface area contributed by atoms with E-state index in [4.69, 9.17) is 0 Å². The van der Waals surface area contributed by atoms with Crippen LogP contribution in [0.15, 0.2) is 22.7 Å². The summed E-state index contributed by atoms with van der Waals surface area (Å²) in [7, 11) is 2.04. The maximum Gasteiger partial charge on any atom is 0.252 e. The molecular formula is C13H16BrFN2O. The molecule has 0 spiro atoms. The molecule has 1 aromatic rings. The molecule has 98 valence electrons. The van der Waals surface area contributed by atoms with Gasteiger partial charge in [0.1, 0.15) is 5.82 Å². The molecular weight excluding hydrogens is 299 g/mol. The highest BCUT2D eigenvalue weighted by molar-refractivity contribution is 9.10. The molecule has 1 aliphatic rings. The van der Waals surface area contributed by atoms with Crippen LogP contribution in [0.1, 0.15) is 23.2 Å². The molecule has 5 heteroatoms. The van der Waals surface area contributed by atoms with Gasteiger partial charge in [-0.3, -0.25) is 4.79 Å². The van der Waals surface area contributed by atoms with Crippen molar-refractivity contribution < 1.29 is 9.18 Å². The smallest absolute Gasteiger partial charge is 0.252 e. The molecule has 1 saturated heterocycles. The van der Waals surface area contributed by atoms with Crippen molar-refractivity contribution in [2.24, 2.45) is 0 Å². The van der Waals surface area contributed by atoms with Gasteiger partial charge in [0.15, 0.2) is 0 Å². The van der Waals surface area contributed by atoms with E-state index in [0.29, 0.717) is 5.56 Å². The van der Waals surface area contributed by atoms with E-state index in [1.54, 1.807) is 12.1 Å². The zero-order valence-electron chi connectivity index (χ0n) is 10.2. The number of likely N-dealkylation sites (N-methyl/N-ethyl adjacent to an activating group) is 1. The Hall–Kier alpha value is -0.940. The van der Waals surface area contributed by atoms with Gasteiger partial charge in [0.05, 0.1) is 10.0 Å². The summed E-state index contributed by atoms with van der Waals surface area (Å²) in [6, 6.07) is 4.64. The lowest BCUT2D eigenvalue weighted by Crippen LogP contribution is -2.46. The fourth-order valence-corrected chi connectivity index (χ4v) is 2.67. The number of rotatable bonds is 2. The topological polar surface area (TPSA) is 32.3 Å². The molecule has 1 N–H and O–H groups in total. The molecule has 0 aromatic heterocycles. The monoisotopic (exact) mass is 314 g/mol. The van der Waals surface area contributed by atoms with E-state index < -0.39 is 5.82 Å². The molecule has 1 aliphatic heterocycles. The third-order valence-corrected chi connectivity index (χ3v) is 3.96. The molecule has 18 heavy (non-hydrogen) atoms.